The van der Waals surface area contributed by atoms with Gasteiger partial charge >= 0.3 is 0 Å². The van der Waals surface area contributed by atoms with Crippen LogP contribution in [0, 0.1) is 12.8 Å². The highest BCUT2D eigenvalue weighted by molar-refractivity contribution is 5.98. The predicted molar refractivity (Wildman–Crippen MR) is 129 cm³/mol. The van der Waals surface area contributed by atoms with Crippen LogP contribution in [0.5, 0.6) is 0 Å². The molecule has 0 unspecified atom stereocenters. The average Bonchev–Trinajstić information content (AvgIpc) is 3.24. The molecule has 0 radical (unpaired) electrons. The smallest absolute Gasteiger partial charge is 0.291 e. The first-order valence-corrected chi connectivity index (χ1v) is 11.2. The Labute approximate surface area is 193 Å². The molecule has 170 valence electrons. The Balaban J connectivity index is 1.76. The van der Waals surface area contributed by atoms with Crippen molar-refractivity contribution < 1.29 is 9.59 Å². The molecule has 7 heteroatoms. The molecule has 1 atom stereocenters. The van der Waals surface area contributed by atoms with Crippen molar-refractivity contribution in [3.63, 3.8) is 0 Å². The maximum absolute atomic E-state index is 13.4. The van der Waals surface area contributed by atoms with Gasteiger partial charge in [-0.05, 0) is 38.0 Å². The summed E-state index contributed by atoms with van der Waals surface area (Å²) in [4.78, 5) is 40.8. The predicted octanol–water partition coefficient (Wildman–Crippen LogP) is 3.96. The highest BCUT2D eigenvalue weighted by Gasteiger charge is 2.30. The third kappa shape index (κ3) is 4.44. The van der Waals surface area contributed by atoms with Crippen molar-refractivity contribution in [3.05, 3.63) is 76.1 Å². The van der Waals surface area contributed by atoms with Gasteiger partial charge in [0.25, 0.3) is 11.5 Å². The number of benzene rings is 2. The quantitative estimate of drug-likeness (QED) is 0.646. The van der Waals surface area contributed by atoms with Crippen LogP contribution in [0.1, 0.15) is 37.9 Å². The van der Waals surface area contributed by atoms with Crippen LogP contribution in [-0.4, -0.2) is 28.1 Å². The Hall–Kier alpha value is -3.74. The summed E-state index contributed by atoms with van der Waals surface area (Å²) in [7, 11) is 0. The zero-order chi connectivity index (χ0) is 23.7. The van der Waals surface area contributed by atoms with E-state index in [2.05, 4.69) is 10.4 Å². The van der Waals surface area contributed by atoms with Gasteiger partial charge in [0.05, 0.1) is 5.69 Å². The molecule has 1 N–H and O–H groups in total. The van der Waals surface area contributed by atoms with Crippen LogP contribution in [0.2, 0.25) is 0 Å². The van der Waals surface area contributed by atoms with E-state index in [-0.39, 0.29) is 23.4 Å². The van der Waals surface area contributed by atoms with E-state index >= 15 is 0 Å². The lowest BCUT2D eigenvalue weighted by Crippen LogP contribution is -2.40. The van der Waals surface area contributed by atoms with Crippen molar-refractivity contribution in [3.8, 4) is 11.3 Å². The maximum atomic E-state index is 13.4. The number of fused-ring (bicyclic) bond motifs is 1. The number of aryl methyl sites for hydroxylation is 1. The first kappa shape index (κ1) is 22.5. The van der Waals surface area contributed by atoms with E-state index in [4.69, 9.17) is 0 Å². The lowest BCUT2D eigenvalue weighted by Gasteiger charge is -2.23. The summed E-state index contributed by atoms with van der Waals surface area (Å²) in [5.41, 5.74) is 3.98. The number of nitrogens with zero attached hydrogens (tertiary/aromatic N) is 3. The number of hydrogen-bond acceptors (Lipinski definition) is 4. The van der Waals surface area contributed by atoms with Gasteiger partial charge in [0.15, 0.2) is 0 Å². The van der Waals surface area contributed by atoms with Gasteiger partial charge in [0, 0.05) is 23.7 Å². The van der Waals surface area contributed by atoms with Crippen molar-refractivity contribution in [2.24, 2.45) is 5.92 Å². The molecule has 1 aliphatic heterocycles. The molecule has 0 fully saturated rings. The fourth-order valence-electron chi connectivity index (χ4n) is 3.90. The van der Waals surface area contributed by atoms with Crippen molar-refractivity contribution >= 4 is 23.2 Å². The van der Waals surface area contributed by atoms with Crippen LogP contribution in [0.4, 0.5) is 11.4 Å². The Morgan fingerprint density at radius 1 is 1.03 bits per heavy atom. The number of anilines is 2. The monoisotopic (exact) mass is 444 g/mol. The van der Waals surface area contributed by atoms with E-state index < -0.39 is 11.6 Å². The molecule has 2 aromatic carbocycles. The van der Waals surface area contributed by atoms with E-state index in [1.807, 2.05) is 55.5 Å². The molecule has 0 spiro atoms. The zero-order valence-corrected chi connectivity index (χ0v) is 19.3. The minimum atomic E-state index is -0.844. The lowest BCUT2D eigenvalue weighted by molar-refractivity contribution is -0.121. The van der Waals surface area contributed by atoms with Gasteiger partial charge in [-0.2, -0.15) is 5.10 Å². The number of aromatic nitrogens is 2. The summed E-state index contributed by atoms with van der Waals surface area (Å²) in [6.45, 7) is 7.73. The van der Waals surface area contributed by atoms with Gasteiger partial charge < -0.3 is 10.2 Å². The SMILES string of the molecule is Cc1ccc(-c2cc(NC(=O)C(C)C)c(=O)n([C@H](C)C(=O)N3CCc4ccccc43)n2)cc1. The van der Waals surface area contributed by atoms with Gasteiger partial charge in [0.2, 0.25) is 5.91 Å². The number of para-hydroxylation sites is 1. The lowest BCUT2D eigenvalue weighted by atomic mass is 10.1. The second kappa shape index (κ2) is 9.02. The molecule has 3 aromatic rings. The van der Waals surface area contributed by atoms with E-state index in [1.165, 1.54) is 4.68 Å². The fraction of sp³-hybridized carbons (Fsp3) is 0.308. The molecule has 1 aromatic heterocycles. The Morgan fingerprint density at radius 3 is 2.42 bits per heavy atom. The van der Waals surface area contributed by atoms with Crippen molar-refractivity contribution in [2.75, 3.05) is 16.8 Å². The van der Waals surface area contributed by atoms with Gasteiger partial charge in [-0.25, -0.2) is 4.68 Å². The van der Waals surface area contributed by atoms with Gasteiger partial charge in [-0.15, -0.1) is 0 Å². The topological polar surface area (TPSA) is 84.3 Å². The van der Waals surface area contributed by atoms with E-state index in [9.17, 15) is 14.4 Å². The third-order valence-electron chi connectivity index (χ3n) is 5.94. The van der Waals surface area contributed by atoms with E-state index in [0.29, 0.717) is 12.2 Å². The molecule has 0 saturated heterocycles. The molecule has 2 amide bonds. The highest BCUT2D eigenvalue weighted by atomic mass is 16.2. The first-order valence-electron chi connectivity index (χ1n) is 11.2. The number of nitrogens with one attached hydrogen (secondary N) is 1. The molecule has 7 nitrogen and oxygen atoms in total. The summed E-state index contributed by atoms with van der Waals surface area (Å²) >= 11 is 0. The van der Waals surface area contributed by atoms with Crippen LogP contribution >= 0.6 is 0 Å². The highest BCUT2D eigenvalue weighted by Crippen LogP contribution is 2.29. The molecule has 33 heavy (non-hydrogen) atoms. The van der Waals surface area contributed by atoms with Crippen molar-refractivity contribution in [2.45, 2.75) is 40.2 Å². The summed E-state index contributed by atoms with van der Waals surface area (Å²) in [5.74, 6) is -0.780. The van der Waals surface area contributed by atoms with Crippen LogP contribution in [-0.2, 0) is 16.0 Å². The summed E-state index contributed by atoms with van der Waals surface area (Å²) < 4.78 is 1.19. The zero-order valence-electron chi connectivity index (χ0n) is 19.3. The van der Waals surface area contributed by atoms with Gasteiger partial charge in [-0.3, -0.25) is 14.4 Å². The van der Waals surface area contributed by atoms with Crippen molar-refractivity contribution in [1.29, 1.82) is 0 Å². The molecule has 0 bridgehead atoms. The number of rotatable bonds is 5. The van der Waals surface area contributed by atoms with Crippen LogP contribution in [0.3, 0.4) is 0 Å². The molecule has 1 aliphatic rings. The number of carbonyl (C=O) groups is 2. The second-order valence-corrected chi connectivity index (χ2v) is 8.75. The number of hydrogen-bond donors (Lipinski definition) is 1. The Kier molecular flexibility index (Phi) is 6.14. The molecule has 0 saturated carbocycles. The minimum absolute atomic E-state index is 0.112. The standard InChI is InChI=1S/C26H28N4O3/c1-16(2)24(31)27-22-15-21(19-11-9-17(3)10-12-19)28-30(26(22)33)18(4)25(32)29-14-13-20-7-5-6-8-23(20)29/h5-12,15-16,18H,13-14H2,1-4H3,(H,27,31)/t18-/m1/s1. The van der Waals surface area contributed by atoms with Crippen LogP contribution in [0.15, 0.2) is 59.4 Å². The second-order valence-electron chi connectivity index (χ2n) is 8.75. The van der Waals surface area contributed by atoms with E-state index in [1.54, 1.807) is 31.7 Å². The first-order chi connectivity index (χ1) is 15.8. The molecule has 2 heterocycles. The Morgan fingerprint density at radius 2 is 1.73 bits per heavy atom. The van der Waals surface area contributed by atoms with Crippen LogP contribution < -0.4 is 15.8 Å². The minimum Gasteiger partial charge on any atom is -0.321 e. The van der Waals surface area contributed by atoms with Crippen molar-refractivity contribution in [1.82, 2.24) is 9.78 Å². The fourth-order valence-corrected chi connectivity index (χ4v) is 3.90. The largest absolute Gasteiger partial charge is 0.321 e. The third-order valence-corrected chi connectivity index (χ3v) is 5.94. The summed E-state index contributed by atoms with van der Waals surface area (Å²) in [6, 6.07) is 16.2. The normalized spacial score (nSPS) is 13.7. The summed E-state index contributed by atoms with van der Waals surface area (Å²) in [5, 5.41) is 7.25. The molecular formula is C26H28N4O3. The Bertz CT molecular complexity index is 1260. The maximum Gasteiger partial charge on any atom is 0.291 e. The summed E-state index contributed by atoms with van der Waals surface area (Å²) in [6.07, 6.45) is 0.774. The number of carbonyl (C=O) groups excluding carboxylic acids is 2. The molecule has 0 aliphatic carbocycles. The molecule has 4 rings (SSSR count). The van der Waals surface area contributed by atoms with Gasteiger partial charge in [0.1, 0.15) is 11.7 Å². The average molecular weight is 445 g/mol. The van der Waals surface area contributed by atoms with E-state index in [0.717, 1.165) is 28.8 Å². The van der Waals surface area contributed by atoms with Crippen LogP contribution in [0.25, 0.3) is 11.3 Å². The number of amides is 2. The molecular weight excluding hydrogens is 416 g/mol. The van der Waals surface area contributed by atoms with Gasteiger partial charge in [-0.1, -0.05) is 61.9 Å².